The van der Waals surface area contributed by atoms with Crippen LogP contribution in [0.2, 0.25) is 0 Å². The molecule has 0 saturated carbocycles. The molecular weight excluding hydrogens is 268 g/mol. The number of hydrogen-bond acceptors (Lipinski definition) is 5. The van der Waals surface area contributed by atoms with Gasteiger partial charge in [0.05, 0.1) is 12.8 Å². The molecule has 0 radical (unpaired) electrons. The zero-order chi connectivity index (χ0) is 15.5. The summed E-state index contributed by atoms with van der Waals surface area (Å²) in [5.41, 5.74) is 5.96. The Morgan fingerprint density at radius 1 is 1.00 bits per heavy atom. The average Bonchev–Trinajstić information content (AvgIpc) is 2.41. The second-order valence-electron chi connectivity index (χ2n) is 5.51. The molecule has 2 N–H and O–H groups in total. The SMILES string of the molecule is COc1ccccc1Oc1ccc(N)c(OC(C)(C)C)n1. The van der Waals surface area contributed by atoms with Crippen molar-refractivity contribution in [2.24, 2.45) is 0 Å². The fourth-order valence-corrected chi connectivity index (χ4v) is 1.68. The third kappa shape index (κ3) is 4.02. The van der Waals surface area contributed by atoms with E-state index in [1.165, 1.54) is 0 Å². The smallest absolute Gasteiger partial charge is 0.241 e. The van der Waals surface area contributed by atoms with Gasteiger partial charge in [-0.25, -0.2) is 0 Å². The van der Waals surface area contributed by atoms with E-state index in [9.17, 15) is 0 Å². The first-order valence-corrected chi connectivity index (χ1v) is 6.65. The number of hydrogen-bond donors (Lipinski definition) is 1. The van der Waals surface area contributed by atoms with Crippen LogP contribution >= 0.6 is 0 Å². The molecule has 0 saturated heterocycles. The van der Waals surface area contributed by atoms with E-state index >= 15 is 0 Å². The number of aromatic nitrogens is 1. The van der Waals surface area contributed by atoms with Crippen molar-refractivity contribution in [2.75, 3.05) is 12.8 Å². The highest BCUT2D eigenvalue weighted by molar-refractivity contribution is 5.50. The molecule has 0 aliphatic heterocycles. The predicted molar refractivity (Wildman–Crippen MR) is 82.1 cm³/mol. The lowest BCUT2D eigenvalue weighted by molar-refractivity contribution is 0.124. The molecule has 0 aliphatic rings. The molecule has 21 heavy (non-hydrogen) atoms. The van der Waals surface area contributed by atoms with Gasteiger partial charge in [0.15, 0.2) is 11.5 Å². The van der Waals surface area contributed by atoms with Gasteiger partial charge in [0, 0.05) is 6.07 Å². The molecule has 1 aromatic heterocycles. The number of nitrogens with zero attached hydrogens (tertiary/aromatic N) is 1. The summed E-state index contributed by atoms with van der Waals surface area (Å²) in [6.07, 6.45) is 0. The lowest BCUT2D eigenvalue weighted by atomic mass is 10.2. The Labute approximate surface area is 124 Å². The minimum absolute atomic E-state index is 0.356. The Morgan fingerprint density at radius 2 is 1.67 bits per heavy atom. The number of benzene rings is 1. The molecule has 112 valence electrons. The molecule has 2 rings (SSSR count). The van der Waals surface area contributed by atoms with Gasteiger partial charge in [-0.3, -0.25) is 0 Å². The lowest BCUT2D eigenvalue weighted by Crippen LogP contribution is -2.24. The van der Waals surface area contributed by atoms with Crippen LogP contribution in [0.3, 0.4) is 0 Å². The second kappa shape index (κ2) is 5.91. The number of ether oxygens (including phenoxy) is 3. The summed E-state index contributed by atoms with van der Waals surface area (Å²) in [4.78, 5) is 4.30. The van der Waals surface area contributed by atoms with Crippen LogP contribution in [0.4, 0.5) is 5.69 Å². The van der Waals surface area contributed by atoms with Gasteiger partial charge in [-0.05, 0) is 39.0 Å². The van der Waals surface area contributed by atoms with E-state index in [2.05, 4.69) is 4.98 Å². The topological polar surface area (TPSA) is 66.6 Å². The van der Waals surface area contributed by atoms with Gasteiger partial charge < -0.3 is 19.9 Å². The first-order valence-electron chi connectivity index (χ1n) is 6.65. The number of anilines is 1. The Morgan fingerprint density at radius 3 is 2.29 bits per heavy atom. The maximum Gasteiger partial charge on any atom is 0.241 e. The molecular formula is C16H20N2O3. The van der Waals surface area contributed by atoms with E-state index in [0.717, 1.165) is 0 Å². The van der Waals surface area contributed by atoms with Crippen molar-refractivity contribution in [3.05, 3.63) is 36.4 Å². The van der Waals surface area contributed by atoms with E-state index in [-0.39, 0.29) is 5.60 Å². The quantitative estimate of drug-likeness (QED) is 0.930. The molecule has 0 unspecified atom stereocenters. The van der Waals surface area contributed by atoms with Gasteiger partial charge in [-0.15, -0.1) is 0 Å². The molecule has 0 amide bonds. The fraction of sp³-hybridized carbons (Fsp3) is 0.312. The Bertz CT molecular complexity index is 621. The summed E-state index contributed by atoms with van der Waals surface area (Å²) >= 11 is 0. The molecule has 5 nitrogen and oxygen atoms in total. The van der Waals surface area contributed by atoms with E-state index in [1.807, 2.05) is 39.0 Å². The summed E-state index contributed by atoms with van der Waals surface area (Å²) in [7, 11) is 1.59. The molecule has 2 aromatic rings. The van der Waals surface area contributed by atoms with Crippen molar-refractivity contribution in [1.82, 2.24) is 4.98 Å². The summed E-state index contributed by atoms with van der Waals surface area (Å²) in [5.74, 6) is 1.97. The standard InChI is InChI=1S/C16H20N2O3/c1-16(2,3)21-15-11(17)9-10-14(18-15)20-13-8-6-5-7-12(13)19-4/h5-10H,17H2,1-4H3. The highest BCUT2D eigenvalue weighted by Gasteiger charge is 2.16. The Kier molecular flexibility index (Phi) is 4.21. The van der Waals surface area contributed by atoms with Crippen LogP contribution in [-0.4, -0.2) is 17.7 Å². The van der Waals surface area contributed by atoms with Gasteiger partial charge in [-0.2, -0.15) is 4.98 Å². The molecule has 1 heterocycles. The van der Waals surface area contributed by atoms with Crippen molar-refractivity contribution in [2.45, 2.75) is 26.4 Å². The first-order chi connectivity index (χ1) is 9.89. The summed E-state index contributed by atoms with van der Waals surface area (Å²) < 4.78 is 16.7. The highest BCUT2D eigenvalue weighted by atomic mass is 16.5. The lowest BCUT2D eigenvalue weighted by Gasteiger charge is -2.21. The maximum absolute atomic E-state index is 5.88. The monoisotopic (exact) mass is 288 g/mol. The molecule has 0 bridgehead atoms. The second-order valence-corrected chi connectivity index (χ2v) is 5.51. The van der Waals surface area contributed by atoms with Crippen LogP contribution in [0.1, 0.15) is 20.8 Å². The van der Waals surface area contributed by atoms with Crippen LogP contribution in [0.5, 0.6) is 23.3 Å². The highest BCUT2D eigenvalue weighted by Crippen LogP contribution is 2.32. The van der Waals surface area contributed by atoms with Crippen molar-refractivity contribution in [1.29, 1.82) is 0 Å². The first kappa shape index (κ1) is 15.0. The van der Waals surface area contributed by atoms with Crippen LogP contribution < -0.4 is 19.9 Å². The van der Waals surface area contributed by atoms with Crippen LogP contribution in [0, 0.1) is 0 Å². The number of pyridine rings is 1. The van der Waals surface area contributed by atoms with E-state index in [1.54, 1.807) is 25.3 Å². The Balaban J connectivity index is 2.27. The third-order valence-corrected chi connectivity index (χ3v) is 2.55. The van der Waals surface area contributed by atoms with Crippen LogP contribution in [-0.2, 0) is 0 Å². The molecule has 0 aliphatic carbocycles. The zero-order valence-corrected chi connectivity index (χ0v) is 12.7. The number of nitrogen functional groups attached to an aromatic ring is 1. The minimum Gasteiger partial charge on any atom is -0.493 e. The number of methoxy groups -OCH3 is 1. The van der Waals surface area contributed by atoms with Gasteiger partial charge in [0.25, 0.3) is 0 Å². The fourth-order valence-electron chi connectivity index (χ4n) is 1.68. The van der Waals surface area contributed by atoms with Gasteiger partial charge in [0.1, 0.15) is 5.60 Å². The molecule has 0 fully saturated rings. The van der Waals surface area contributed by atoms with Crippen LogP contribution in [0.15, 0.2) is 36.4 Å². The van der Waals surface area contributed by atoms with Crippen molar-refractivity contribution >= 4 is 5.69 Å². The summed E-state index contributed by atoms with van der Waals surface area (Å²) in [6.45, 7) is 5.80. The zero-order valence-electron chi connectivity index (χ0n) is 12.7. The normalized spacial score (nSPS) is 11.0. The predicted octanol–water partition coefficient (Wildman–Crippen LogP) is 3.64. The van der Waals surface area contributed by atoms with Gasteiger partial charge in [-0.1, -0.05) is 12.1 Å². The molecule has 5 heteroatoms. The van der Waals surface area contributed by atoms with E-state index in [0.29, 0.717) is 28.9 Å². The van der Waals surface area contributed by atoms with Crippen molar-refractivity contribution in [3.8, 4) is 23.3 Å². The van der Waals surface area contributed by atoms with E-state index < -0.39 is 0 Å². The maximum atomic E-state index is 5.88. The number of nitrogens with two attached hydrogens (primary N) is 1. The van der Waals surface area contributed by atoms with E-state index in [4.69, 9.17) is 19.9 Å². The summed E-state index contributed by atoms with van der Waals surface area (Å²) in [6, 6.07) is 10.8. The molecule has 0 spiro atoms. The average molecular weight is 288 g/mol. The Hall–Kier alpha value is -2.43. The number of rotatable bonds is 4. The number of para-hydroxylation sites is 2. The van der Waals surface area contributed by atoms with Crippen LogP contribution in [0.25, 0.3) is 0 Å². The largest absolute Gasteiger partial charge is 0.493 e. The summed E-state index contributed by atoms with van der Waals surface area (Å²) in [5, 5.41) is 0. The molecule has 1 aromatic carbocycles. The molecule has 0 atom stereocenters. The van der Waals surface area contributed by atoms with Gasteiger partial charge >= 0.3 is 0 Å². The van der Waals surface area contributed by atoms with Crippen molar-refractivity contribution in [3.63, 3.8) is 0 Å². The van der Waals surface area contributed by atoms with Crippen molar-refractivity contribution < 1.29 is 14.2 Å². The third-order valence-electron chi connectivity index (χ3n) is 2.55. The minimum atomic E-state index is -0.385. The van der Waals surface area contributed by atoms with Gasteiger partial charge in [0.2, 0.25) is 11.8 Å².